The van der Waals surface area contributed by atoms with Crippen molar-refractivity contribution in [3.8, 4) is 11.5 Å². The number of hydrogen-bond donors (Lipinski definition) is 1. The summed E-state index contributed by atoms with van der Waals surface area (Å²) in [5.41, 5.74) is 2.72. The van der Waals surface area contributed by atoms with Crippen molar-refractivity contribution in [2.75, 3.05) is 33.9 Å². The average Bonchev–Trinajstić information content (AvgIpc) is 3.13. The lowest BCUT2D eigenvalue weighted by molar-refractivity contribution is -0.377. The number of carbonyl (C=O) groups excluding carboxylic acids is 2. The summed E-state index contributed by atoms with van der Waals surface area (Å²) in [7, 11) is 3.07. The molecule has 270 valence electrons. The maximum absolute atomic E-state index is 14.3. The van der Waals surface area contributed by atoms with Crippen molar-refractivity contribution in [1.29, 1.82) is 0 Å². The minimum absolute atomic E-state index is 0. The van der Waals surface area contributed by atoms with E-state index in [4.69, 9.17) is 42.1 Å². The third kappa shape index (κ3) is 9.16. The van der Waals surface area contributed by atoms with E-state index in [1.54, 1.807) is 68.0 Å². The molecule has 0 radical (unpaired) electrons. The first kappa shape index (κ1) is 38.0. The minimum Gasteiger partial charge on any atom is -0.870 e. The number of esters is 2. The summed E-state index contributed by atoms with van der Waals surface area (Å²) in [6.45, 7) is 2.94. The number of aromatic amines is 1. The van der Waals surface area contributed by atoms with Gasteiger partial charge in [-0.25, -0.2) is 19.0 Å². The first-order valence-electron chi connectivity index (χ1n) is 16.5. The van der Waals surface area contributed by atoms with Crippen LogP contribution in [0.4, 0.5) is 4.39 Å². The third-order valence-electron chi connectivity index (χ3n) is 9.37. The van der Waals surface area contributed by atoms with Crippen LogP contribution in [0.15, 0.2) is 79.1 Å². The van der Waals surface area contributed by atoms with E-state index in [-0.39, 0.29) is 24.5 Å². The van der Waals surface area contributed by atoms with Crippen molar-refractivity contribution < 1.29 is 43.4 Å². The number of piperidine rings is 3. The largest absolute Gasteiger partial charge is 0.870 e. The van der Waals surface area contributed by atoms with E-state index >= 15 is 0 Å². The van der Waals surface area contributed by atoms with Crippen LogP contribution >= 0.6 is 23.2 Å². The number of nitrogens with one attached hydrogen (secondary N) is 2. The number of benzene rings is 3. The van der Waals surface area contributed by atoms with Gasteiger partial charge in [0, 0.05) is 25.1 Å². The Balaban J connectivity index is 0.00000504. The summed E-state index contributed by atoms with van der Waals surface area (Å²) in [6.07, 6.45) is 4.41. The minimum atomic E-state index is -0.913. The first-order chi connectivity index (χ1) is 24.2. The molecule has 0 spiro atoms. The van der Waals surface area contributed by atoms with Crippen LogP contribution in [-0.2, 0) is 27.2 Å². The molecule has 2 unspecified atom stereocenters. The number of ether oxygens (including phenoxy) is 4. The second kappa shape index (κ2) is 17.3. The molecule has 2 bridgehead atoms. The summed E-state index contributed by atoms with van der Waals surface area (Å²) < 4.78 is 37.3. The molecule has 7 rings (SSSR count). The predicted octanol–water partition coefficient (Wildman–Crippen LogP) is 6.40. The van der Waals surface area contributed by atoms with E-state index in [9.17, 15) is 14.0 Å². The maximum Gasteiger partial charge on any atom is 0.338 e. The summed E-state index contributed by atoms with van der Waals surface area (Å²) in [6, 6.07) is 17.2. The lowest BCUT2D eigenvalue weighted by Crippen LogP contribution is -2.52. The Bertz CT molecular complexity index is 1820. The molecule has 4 aromatic rings. The Morgan fingerprint density at radius 2 is 1.67 bits per heavy atom. The number of pyridine rings is 1. The summed E-state index contributed by atoms with van der Waals surface area (Å²) in [5.74, 6) is -0.165. The third-order valence-corrected chi connectivity index (χ3v) is 10.0. The molecule has 3 aliphatic heterocycles. The van der Waals surface area contributed by atoms with E-state index in [0.29, 0.717) is 61.8 Å². The van der Waals surface area contributed by atoms with Crippen LogP contribution < -0.4 is 19.8 Å². The highest BCUT2D eigenvalue weighted by Gasteiger charge is 2.38. The molecule has 3 N–H and O–H groups in total. The summed E-state index contributed by atoms with van der Waals surface area (Å²) >= 11 is 13.0. The fraction of sp³-hybridized carbons (Fsp3) is 0.342. The number of hydrogen-bond acceptors (Lipinski definition) is 9. The molecular weight excluding hydrogens is 700 g/mol. The highest BCUT2D eigenvalue weighted by molar-refractivity contribution is 6.35. The predicted molar refractivity (Wildman–Crippen MR) is 188 cm³/mol. The molecule has 3 fully saturated rings. The van der Waals surface area contributed by atoms with Gasteiger partial charge in [-0.1, -0.05) is 53.5 Å². The monoisotopic (exact) mass is 739 g/mol. The fourth-order valence-electron chi connectivity index (χ4n) is 6.65. The molecule has 0 aliphatic carbocycles. The van der Waals surface area contributed by atoms with Crippen molar-refractivity contribution in [1.82, 2.24) is 10.2 Å². The van der Waals surface area contributed by atoms with E-state index in [2.05, 4.69) is 15.2 Å². The van der Waals surface area contributed by atoms with Crippen LogP contribution in [0, 0.1) is 11.7 Å². The van der Waals surface area contributed by atoms with Crippen LogP contribution in [0.2, 0.25) is 10.0 Å². The van der Waals surface area contributed by atoms with Crippen LogP contribution in [0.3, 0.4) is 0 Å². The van der Waals surface area contributed by atoms with Gasteiger partial charge in [0.05, 0.1) is 19.8 Å². The molecule has 4 heterocycles. The zero-order chi connectivity index (χ0) is 35.2. The van der Waals surface area contributed by atoms with Gasteiger partial charge in [0.2, 0.25) is 0 Å². The fourth-order valence-corrected chi connectivity index (χ4v) is 7.18. The molecule has 51 heavy (non-hydrogen) atoms. The topological polar surface area (TPSA) is 130 Å². The molecule has 10 nitrogen and oxygen atoms in total. The summed E-state index contributed by atoms with van der Waals surface area (Å²) in [4.78, 5) is 32.5. The van der Waals surface area contributed by atoms with Gasteiger partial charge in [0.1, 0.15) is 34.1 Å². The molecule has 3 saturated heterocycles. The van der Waals surface area contributed by atoms with E-state index in [0.717, 1.165) is 25.9 Å². The van der Waals surface area contributed by atoms with Crippen molar-refractivity contribution in [2.24, 2.45) is 5.92 Å². The van der Waals surface area contributed by atoms with Crippen LogP contribution in [-0.4, -0.2) is 62.3 Å². The van der Waals surface area contributed by atoms with Crippen molar-refractivity contribution in [3.05, 3.63) is 123 Å². The van der Waals surface area contributed by atoms with E-state index in [1.165, 1.54) is 19.2 Å². The Labute approximate surface area is 306 Å². The van der Waals surface area contributed by atoms with Crippen LogP contribution in [0.5, 0.6) is 11.5 Å². The Hall–Kier alpha value is -4.26. The SMILES string of the molecule is COc1ccc(C(Cc2c(Cl)c[nH+]cc2Cl)OC(=O)c2cccc(CNC(C(=O)O[C@H]3CN4CCC3CC4)c3cccc(F)c3)c2)cc1OC.[OH-]. The number of nitrogens with zero attached hydrogens (tertiary/aromatic N) is 1. The number of carbonyl (C=O) groups is 2. The number of methoxy groups -OCH3 is 2. The molecular formula is C38H40Cl2FN3O7. The van der Waals surface area contributed by atoms with Gasteiger partial charge in [0.25, 0.3) is 0 Å². The summed E-state index contributed by atoms with van der Waals surface area (Å²) in [5, 5.41) is 4.04. The molecule has 0 saturated carbocycles. The molecule has 3 aliphatic rings. The number of aromatic nitrogens is 1. The van der Waals surface area contributed by atoms with Gasteiger partial charge in [-0.15, -0.1) is 0 Å². The Kier molecular flexibility index (Phi) is 12.9. The molecule has 1 aromatic heterocycles. The number of halogens is 3. The molecule has 3 atom stereocenters. The van der Waals surface area contributed by atoms with Gasteiger partial charge >= 0.3 is 11.9 Å². The smallest absolute Gasteiger partial charge is 0.338 e. The first-order valence-corrected chi connectivity index (χ1v) is 17.3. The lowest BCUT2D eigenvalue weighted by atomic mass is 9.86. The van der Waals surface area contributed by atoms with Crippen molar-refractivity contribution >= 4 is 35.1 Å². The second-order valence-electron chi connectivity index (χ2n) is 12.5. The molecule has 3 aromatic carbocycles. The second-order valence-corrected chi connectivity index (χ2v) is 13.3. The zero-order valence-corrected chi connectivity index (χ0v) is 29.8. The standard InChI is InChI=1S/C38H38Cl2FN3O6.H2O/c1-47-32-10-9-25(17-34(32)48-2)33(18-29-30(39)20-42-21-31(29)40)49-37(45)27-7-3-5-23(15-27)19-43-36(26-6-4-8-28(41)16-26)38(46)50-35-22-44-13-11-24(35)12-14-44;/h3-10,15-17,20-21,24,33,35-36,43H,11-14,18-19,22H2,1-2H3;1H2/t33?,35-,36?;/m0./s1. The highest BCUT2D eigenvalue weighted by atomic mass is 35.5. The molecule has 0 amide bonds. The van der Waals surface area contributed by atoms with Crippen LogP contribution in [0.25, 0.3) is 0 Å². The van der Waals surface area contributed by atoms with Gasteiger partial charge in [-0.3, -0.25) is 10.2 Å². The average molecular weight is 741 g/mol. The lowest BCUT2D eigenvalue weighted by Gasteiger charge is -2.44. The van der Waals surface area contributed by atoms with E-state index in [1.807, 2.05) is 6.07 Å². The van der Waals surface area contributed by atoms with Crippen molar-refractivity contribution in [2.45, 2.75) is 44.1 Å². The quantitative estimate of drug-likeness (QED) is 0.155. The van der Waals surface area contributed by atoms with Gasteiger partial charge < -0.3 is 24.4 Å². The number of H-pyrrole nitrogens is 1. The zero-order valence-electron chi connectivity index (χ0n) is 28.2. The van der Waals surface area contributed by atoms with Gasteiger partial charge in [-0.2, -0.15) is 0 Å². The van der Waals surface area contributed by atoms with Gasteiger partial charge in [-0.05, 0) is 84.9 Å². The Morgan fingerprint density at radius 1 is 0.941 bits per heavy atom. The normalized spacial score (nSPS) is 19.0. The maximum atomic E-state index is 14.3. The van der Waals surface area contributed by atoms with Crippen molar-refractivity contribution in [3.63, 3.8) is 0 Å². The van der Waals surface area contributed by atoms with Crippen LogP contribution in [0.1, 0.15) is 57.6 Å². The van der Waals surface area contributed by atoms with E-state index < -0.39 is 29.9 Å². The highest BCUT2D eigenvalue weighted by Crippen LogP contribution is 2.36. The molecule has 13 heteroatoms. The number of fused-ring (bicyclic) bond motifs is 3. The Morgan fingerprint density at radius 3 is 2.33 bits per heavy atom. The van der Waals surface area contributed by atoms with Gasteiger partial charge in [0.15, 0.2) is 23.9 Å². The number of rotatable bonds is 13.